The number of hydrogen-bond acceptors (Lipinski definition) is 3. The van der Waals surface area contributed by atoms with Gasteiger partial charge in [0.25, 0.3) is 0 Å². The van der Waals surface area contributed by atoms with Crippen LogP contribution in [0.5, 0.6) is 5.75 Å². The Morgan fingerprint density at radius 1 is 1.16 bits per heavy atom. The molecule has 0 atom stereocenters. The lowest BCUT2D eigenvalue weighted by Crippen LogP contribution is -2.17. The van der Waals surface area contributed by atoms with E-state index < -0.39 is 6.36 Å². The molecule has 2 aromatic rings. The molecule has 1 aromatic carbocycles. The van der Waals surface area contributed by atoms with Gasteiger partial charge in [0.1, 0.15) is 10.9 Å². The maximum atomic E-state index is 12.1. The van der Waals surface area contributed by atoms with Crippen LogP contribution in [-0.2, 0) is 0 Å². The van der Waals surface area contributed by atoms with Crippen LogP contribution >= 0.6 is 11.6 Å². The van der Waals surface area contributed by atoms with Gasteiger partial charge in [-0.3, -0.25) is 4.98 Å². The third-order valence-corrected chi connectivity index (χ3v) is 2.52. The van der Waals surface area contributed by atoms with Gasteiger partial charge in [-0.1, -0.05) is 11.6 Å². The predicted octanol–water partition coefficient (Wildman–Crippen LogP) is 4.00. The van der Waals surface area contributed by atoms with Crippen molar-refractivity contribution < 1.29 is 17.9 Å². The number of hydrogen-bond donors (Lipinski definition) is 0. The molecule has 0 spiro atoms. The summed E-state index contributed by atoms with van der Waals surface area (Å²) in [5.41, 5.74) is 1.79. The lowest BCUT2D eigenvalue weighted by molar-refractivity contribution is -0.274. The molecule has 7 heteroatoms. The first-order chi connectivity index (χ1) is 8.85. The summed E-state index contributed by atoms with van der Waals surface area (Å²) in [4.78, 5) is 7.93. The van der Waals surface area contributed by atoms with Gasteiger partial charge < -0.3 is 4.74 Å². The van der Waals surface area contributed by atoms with Crippen molar-refractivity contribution in [1.29, 1.82) is 0 Å². The number of benzene rings is 1. The first kappa shape index (κ1) is 13.6. The Morgan fingerprint density at radius 2 is 1.89 bits per heavy atom. The van der Waals surface area contributed by atoms with Crippen LogP contribution in [0.2, 0.25) is 5.15 Å². The van der Waals surface area contributed by atoms with Crippen LogP contribution in [0, 0.1) is 6.92 Å². The highest BCUT2D eigenvalue weighted by atomic mass is 35.5. The van der Waals surface area contributed by atoms with Crippen molar-refractivity contribution in [1.82, 2.24) is 9.97 Å². The molecule has 19 heavy (non-hydrogen) atoms. The van der Waals surface area contributed by atoms with E-state index in [-0.39, 0.29) is 10.9 Å². The molecule has 1 aromatic heterocycles. The highest BCUT2D eigenvalue weighted by Crippen LogP contribution is 2.28. The molecule has 0 aliphatic rings. The lowest BCUT2D eigenvalue weighted by Gasteiger charge is -2.11. The van der Waals surface area contributed by atoms with Crippen molar-refractivity contribution in [2.45, 2.75) is 13.3 Å². The molecule has 3 nitrogen and oxygen atoms in total. The SMILES string of the molecule is Cc1cc(OC(F)(F)F)ccc1-c1cnc(Cl)cn1. The average Bonchev–Trinajstić information content (AvgIpc) is 2.29. The van der Waals surface area contributed by atoms with Crippen LogP contribution in [0.15, 0.2) is 30.6 Å². The maximum absolute atomic E-state index is 12.1. The number of alkyl halides is 3. The Hall–Kier alpha value is -1.82. The van der Waals surface area contributed by atoms with Gasteiger partial charge in [0.05, 0.1) is 18.1 Å². The van der Waals surface area contributed by atoms with Crippen molar-refractivity contribution in [3.8, 4) is 17.0 Å². The fraction of sp³-hybridized carbons (Fsp3) is 0.167. The van der Waals surface area contributed by atoms with Crippen molar-refractivity contribution in [2.75, 3.05) is 0 Å². The second kappa shape index (κ2) is 5.05. The van der Waals surface area contributed by atoms with Gasteiger partial charge in [0.15, 0.2) is 0 Å². The summed E-state index contributed by atoms with van der Waals surface area (Å²) in [6, 6.07) is 4.01. The summed E-state index contributed by atoms with van der Waals surface area (Å²) in [7, 11) is 0. The van der Waals surface area contributed by atoms with Crippen LogP contribution < -0.4 is 4.74 Å². The second-order valence-electron chi connectivity index (χ2n) is 3.75. The van der Waals surface area contributed by atoms with Gasteiger partial charge in [-0.15, -0.1) is 13.2 Å². The Kier molecular flexibility index (Phi) is 3.61. The summed E-state index contributed by atoms with van der Waals surface area (Å²) in [5, 5.41) is 0.249. The molecule has 0 fully saturated rings. The molecule has 2 rings (SSSR count). The van der Waals surface area contributed by atoms with E-state index in [1.165, 1.54) is 30.6 Å². The van der Waals surface area contributed by atoms with E-state index in [0.29, 0.717) is 16.8 Å². The molecule has 0 N–H and O–H groups in total. The van der Waals surface area contributed by atoms with Crippen LogP contribution in [-0.4, -0.2) is 16.3 Å². The van der Waals surface area contributed by atoms with Gasteiger partial charge in [0.2, 0.25) is 0 Å². The third kappa shape index (κ3) is 3.57. The van der Waals surface area contributed by atoms with Gasteiger partial charge in [-0.2, -0.15) is 0 Å². The zero-order valence-corrected chi connectivity index (χ0v) is 10.5. The molecular weight excluding hydrogens is 281 g/mol. The van der Waals surface area contributed by atoms with E-state index in [4.69, 9.17) is 11.6 Å². The summed E-state index contributed by atoms with van der Waals surface area (Å²) in [5.74, 6) is -0.268. The molecule has 0 saturated heterocycles. The molecule has 0 radical (unpaired) electrons. The van der Waals surface area contributed by atoms with E-state index in [0.717, 1.165) is 0 Å². The van der Waals surface area contributed by atoms with Gasteiger partial charge >= 0.3 is 6.36 Å². The molecule has 0 bridgehead atoms. The predicted molar refractivity (Wildman–Crippen MR) is 63.9 cm³/mol. The largest absolute Gasteiger partial charge is 0.573 e. The van der Waals surface area contributed by atoms with Crippen molar-refractivity contribution in [3.05, 3.63) is 41.3 Å². The van der Waals surface area contributed by atoms with Crippen LogP contribution in [0.4, 0.5) is 13.2 Å². The fourth-order valence-corrected chi connectivity index (χ4v) is 1.67. The number of nitrogens with zero attached hydrogens (tertiary/aromatic N) is 2. The van der Waals surface area contributed by atoms with Crippen LogP contribution in [0.25, 0.3) is 11.3 Å². The Bertz CT molecular complexity index is 585. The normalized spacial score (nSPS) is 11.4. The van der Waals surface area contributed by atoms with Gasteiger partial charge in [-0.25, -0.2) is 4.98 Å². The monoisotopic (exact) mass is 288 g/mol. The van der Waals surface area contributed by atoms with E-state index in [1.807, 2.05) is 0 Å². The Balaban J connectivity index is 2.31. The highest BCUT2D eigenvalue weighted by molar-refractivity contribution is 6.29. The first-order valence-corrected chi connectivity index (χ1v) is 5.57. The number of rotatable bonds is 2. The van der Waals surface area contributed by atoms with Crippen LogP contribution in [0.3, 0.4) is 0 Å². The zero-order valence-electron chi connectivity index (χ0n) is 9.70. The summed E-state index contributed by atoms with van der Waals surface area (Å²) in [6.45, 7) is 1.66. The summed E-state index contributed by atoms with van der Waals surface area (Å²) < 4.78 is 40.1. The third-order valence-electron chi connectivity index (χ3n) is 2.33. The molecule has 0 aliphatic carbocycles. The van der Waals surface area contributed by atoms with Crippen molar-refractivity contribution in [3.63, 3.8) is 0 Å². The highest BCUT2D eigenvalue weighted by Gasteiger charge is 2.31. The van der Waals surface area contributed by atoms with E-state index in [1.54, 1.807) is 6.92 Å². The molecule has 100 valence electrons. The average molecular weight is 289 g/mol. The van der Waals surface area contributed by atoms with E-state index in [9.17, 15) is 13.2 Å². The lowest BCUT2D eigenvalue weighted by atomic mass is 10.1. The molecular formula is C12H8ClF3N2O. The quantitative estimate of drug-likeness (QED) is 0.837. The smallest absolute Gasteiger partial charge is 0.406 e. The Labute approximate surface area is 112 Å². The topological polar surface area (TPSA) is 35.0 Å². The molecule has 0 aliphatic heterocycles. The van der Waals surface area contributed by atoms with Crippen molar-refractivity contribution >= 4 is 11.6 Å². The fourth-order valence-electron chi connectivity index (χ4n) is 1.57. The zero-order chi connectivity index (χ0) is 14.0. The molecule has 0 unspecified atom stereocenters. The molecule has 0 amide bonds. The van der Waals surface area contributed by atoms with Crippen molar-refractivity contribution in [2.24, 2.45) is 0 Å². The van der Waals surface area contributed by atoms with Gasteiger partial charge in [-0.05, 0) is 30.7 Å². The van der Waals surface area contributed by atoms with E-state index >= 15 is 0 Å². The number of halogens is 4. The minimum Gasteiger partial charge on any atom is -0.406 e. The standard InChI is InChI=1S/C12H8ClF3N2O/c1-7-4-8(19-12(14,15)16)2-3-9(7)10-5-18-11(13)6-17-10/h2-6H,1H3. The Morgan fingerprint density at radius 3 is 2.42 bits per heavy atom. The molecule has 1 heterocycles. The maximum Gasteiger partial charge on any atom is 0.573 e. The second-order valence-corrected chi connectivity index (χ2v) is 4.14. The van der Waals surface area contributed by atoms with Gasteiger partial charge in [0, 0.05) is 5.56 Å². The summed E-state index contributed by atoms with van der Waals surface area (Å²) >= 11 is 5.62. The van der Waals surface area contributed by atoms with E-state index in [2.05, 4.69) is 14.7 Å². The number of ether oxygens (including phenoxy) is 1. The number of aromatic nitrogens is 2. The molecule has 0 saturated carbocycles. The minimum absolute atomic E-state index is 0.249. The minimum atomic E-state index is -4.70. The van der Waals surface area contributed by atoms with Crippen LogP contribution in [0.1, 0.15) is 5.56 Å². The summed E-state index contributed by atoms with van der Waals surface area (Å²) in [6.07, 6.45) is -1.88. The first-order valence-electron chi connectivity index (χ1n) is 5.19. The number of aryl methyl sites for hydroxylation is 1.